The highest BCUT2D eigenvalue weighted by atomic mass is 35.5. The molecule has 0 radical (unpaired) electrons. The van der Waals surface area contributed by atoms with Gasteiger partial charge >= 0.3 is 6.09 Å². The Morgan fingerprint density at radius 1 is 1.28 bits per heavy atom. The number of aromatic nitrogens is 2. The second-order valence-corrected chi connectivity index (χ2v) is 8.02. The van der Waals surface area contributed by atoms with Gasteiger partial charge in [-0.2, -0.15) is 4.98 Å². The van der Waals surface area contributed by atoms with E-state index >= 15 is 0 Å². The van der Waals surface area contributed by atoms with Crippen molar-refractivity contribution in [2.45, 2.75) is 6.42 Å². The van der Waals surface area contributed by atoms with E-state index in [9.17, 15) is 14.7 Å². The van der Waals surface area contributed by atoms with Crippen LogP contribution in [0, 0.1) is 0 Å². The quantitative estimate of drug-likeness (QED) is 0.430. The van der Waals surface area contributed by atoms with Crippen molar-refractivity contribution >= 4 is 63.8 Å². The van der Waals surface area contributed by atoms with Gasteiger partial charge in [-0.1, -0.05) is 11.6 Å². The number of carboxylic acid groups (broad SMARTS) is 1. The van der Waals surface area contributed by atoms with E-state index in [1.54, 1.807) is 36.7 Å². The van der Waals surface area contributed by atoms with Gasteiger partial charge in [0.25, 0.3) is 5.91 Å². The molecule has 3 aromatic rings. The summed E-state index contributed by atoms with van der Waals surface area (Å²) in [6.07, 6.45) is 0.979. The zero-order valence-corrected chi connectivity index (χ0v) is 18.5. The van der Waals surface area contributed by atoms with Crippen molar-refractivity contribution in [3.8, 4) is 5.75 Å². The number of rotatable bonds is 5. The van der Waals surface area contributed by atoms with Gasteiger partial charge in [0.15, 0.2) is 5.82 Å². The molecule has 2 aromatic heterocycles. The minimum atomic E-state index is -1.05. The summed E-state index contributed by atoms with van der Waals surface area (Å²) in [5, 5.41) is 20.3. The highest BCUT2D eigenvalue weighted by Gasteiger charge is 2.22. The molecule has 0 spiro atoms. The number of amides is 2. The van der Waals surface area contributed by atoms with Crippen molar-refractivity contribution in [2.75, 3.05) is 35.7 Å². The van der Waals surface area contributed by atoms with Gasteiger partial charge in [0.2, 0.25) is 5.95 Å². The molecule has 0 saturated heterocycles. The van der Waals surface area contributed by atoms with E-state index in [0.717, 1.165) is 0 Å². The lowest BCUT2D eigenvalue weighted by molar-refractivity contribution is 0.0968. The van der Waals surface area contributed by atoms with Crippen molar-refractivity contribution in [1.82, 2.24) is 15.3 Å². The van der Waals surface area contributed by atoms with Crippen LogP contribution in [0.5, 0.6) is 5.75 Å². The maximum atomic E-state index is 12.0. The van der Waals surface area contributed by atoms with Crippen molar-refractivity contribution in [3.63, 3.8) is 0 Å². The van der Waals surface area contributed by atoms with Gasteiger partial charge < -0.3 is 25.8 Å². The first kappa shape index (κ1) is 21.7. The van der Waals surface area contributed by atoms with Crippen molar-refractivity contribution in [2.24, 2.45) is 0 Å². The number of thiophene rings is 1. The zero-order valence-electron chi connectivity index (χ0n) is 16.9. The molecule has 0 unspecified atom stereocenters. The lowest BCUT2D eigenvalue weighted by Gasteiger charge is -2.19. The Kier molecular flexibility index (Phi) is 6.28. The van der Waals surface area contributed by atoms with E-state index in [1.807, 2.05) is 0 Å². The number of nitrogens with zero attached hydrogens (tertiary/aromatic N) is 3. The molecule has 32 heavy (non-hydrogen) atoms. The molecule has 12 heteroatoms. The monoisotopic (exact) mass is 474 g/mol. The Hall–Kier alpha value is -3.57. The first-order valence-corrected chi connectivity index (χ1v) is 10.9. The predicted octanol–water partition coefficient (Wildman–Crippen LogP) is 4.31. The summed E-state index contributed by atoms with van der Waals surface area (Å²) in [5.41, 5.74) is 1.59. The second kappa shape index (κ2) is 9.28. The zero-order chi connectivity index (χ0) is 22.7. The third kappa shape index (κ3) is 4.53. The number of anilines is 5. The van der Waals surface area contributed by atoms with Crippen LogP contribution >= 0.6 is 22.9 Å². The summed E-state index contributed by atoms with van der Waals surface area (Å²) in [4.78, 5) is 34.0. The van der Waals surface area contributed by atoms with E-state index in [0.29, 0.717) is 53.1 Å². The van der Waals surface area contributed by atoms with Crippen molar-refractivity contribution < 1.29 is 19.4 Å². The number of benzene rings is 1. The Bertz CT molecular complexity index is 1170. The van der Waals surface area contributed by atoms with Gasteiger partial charge in [0.1, 0.15) is 15.6 Å². The Labute approximate surface area is 192 Å². The summed E-state index contributed by atoms with van der Waals surface area (Å²) in [6.45, 7) is 0.783. The highest BCUT2D eigenvalue weighted by Crippen LogP contribution is 2.35. The molecule has 0 fully saturated rings. The van der Waals surface area contributed by atoms with Crippen LogP contribution in [0.15, 0.2) is 35.8 Å². The van der Waals surface area contributed by atoms with Crippen LogP contribution in [0.25, 0.3) is 0 Å². The topological polar surface area (TPSA) is 129 Å². The lowest BCUT2D eigenvalue weighted by atomic mass is 10.2. The Balaban J connectivity index is 1.59. The van der Waals surface area contributed by atoms with Gasteiger partial charge in [-0.3, -0.25) is 9.69 Å². The fourth-order valence-electron chi connectivity index (χ4n) is 3.12. The van der Waals surface area contributed by atoms with Gasteiger partial charge in [-0.25, -0.2) is 9.78 Å². The van der Waals surface area contributed by atoms with E-state index in [1.165, 1.54) is 22.4 Å². The average Bonchev–Trinajstić information content (AvgIpc) is 3.13. The van der Waals surface area contributed by atoms with Crippen LogP contribution < -0.4 is 25.6 Å². The van der Waals surface area contributed by atoms with Crippen molar-refractivity contribution in [3.05, 3.63) is 45.7 Å². The molecule has 166 valence electrons. The molecule has 3 heterocycles. The number of nitrogens with one attached hydrogen (secondary N) is 3. The standard InChI is InChI=1S/C20H19ClN6O4S/c1-22-18(28)16-13(5-8-32-16)25-17-12(21)10-23-19(26-17)24-11-3-4-15-14(9-11)27(20(29)30)6-2-7-31-15/h3-5,8-10H,2,6-7H2,1H3,(H,22,28)(H,29,30)(H2,23,24,25,26). The Morgan fingerprint density at radius 2 is 2.12 bits per heavy atom. The molecule has 0 bridgehead atoms. The predicted molar refractivity (Wildman–Crippen MR) is 123 cm³/mol. The van der Waals surface area contributed by atoms with Gasteiger partial charge in [-0.15, -0.1) is 11.3 Å². The number of halogens is 1. The average molecular weight is 475 g/mol. The molecule has 1 aromatic carbocycles. The van der Waals surface area contributed by atoms with E-state index in [2.05, 4.69) is 25.9 Å². The molecular formula is C20H19ClN6O4S. The molecule has 10 nitrogen and oxygen atoms in total. The van der Waals surface area contributed by atoms with E-state index in [4.69, 9.17) is 16.3 Å². The van der Waals surface area contributed by atoms with Crippen LogP contribution in [0.2, 0.25) is 5.02 Å². The molecule has 0 aliphatic carbocycles. The molecule has 4 N–H and O–H groups in total. The number of ether oxygens (including phenoxy) is 1. The van der Waals surface area contributed by atoms with E-state index in [-0.39, 0.29) is 16.9 Å². The summed E-state index contributed by atoms with van der Waals surface area (Å²) in [7, 11) is 1.56. The molecular weight excluding hydrogens is 456 g/mol. The summed E-state index contributed by atoms with van der Waals surface area (Å²) in [5.74, 6) is 0.832. The number of carbonyl (C=O) groups is 2. The normalized spacial score (nSPS) is 12.9. The summed E-state index contributed by atoms with van der Waals surface area (Å²) < 4.78 is 5.64. The minimum absolute atomic E-state index is 0.221. The fourth-order valence-corrected chi connectivity index (χ4v) is 4.05. The van der Waals surface area contributed by atoms with Crippen LogP contribution in [0.1, 0.15) is 16.1 Å². The molecule has 0 atom stereocenters. The largest absolute Gasteiger partial charge is 0.491 e. The fraction of sp³-hybridized carbons (Fsp3) is 0.200. The third-order valence-electron chi connectivity index (χ3n) is 4.62. The molecule has 2 amide bonds. The second-order valence-electron chi connectivity index (χ2n) is 6.70. The first-order chi connectivity index (χ1) is 15.5. The highest BCUT2D eigenvalue weighted by molar-refractivity contribution is 7.12. The molecule has 4 rings (SSSR count). The number of hydrogen-bond acceptors (Lipinski definition) is 8. The van der Waals surface area contributed by atoms with Gasteiger partial charge in [0, 0.05) is 19.3 Å². The summed E-state index contributed by atoms with van der Waals surface area (Å²) >= 11 is 7.54. The Morgan fingerprint density at radius 3 is 2.91 bits per heavy atom. The summed E-state index contributed by atoms with van der Waals surface area (Å²) in [6, 6.07) is 6.88. The minimum Gasteiger partial charge on any atom is -0.491 e. The maximum absolute atomic E-state index is 12.0. The molecule has 1 aliphatic rings. The van der Waals surface area contributed by atoms with Crippen LogP contribution in [-0.4, -0.2) is 47.3 Å². The smallest absolute Gasteiger partial charge is 0.411 e. The van der Waals surface area contributed by atoms with Crippen molar-refractivity contribution in [1.29, 1.82) is 0 Å². The third-order valence-corrected chi connectivity index (χ3v) is 5.81. The van der Waals surface area contributed by atoms with Crippen LogP contribution in [0.4, 0.5) is 33.6 Å². The molecule has 0 saturated carbocycles. The van der Waals surface area contributed by atoms with Crippen LogP contribution in [0.3, 0.4) is 0 Å². The van der Waals surface area contributed by atoms with Gasteiger partial charge in [0.05, 0.1) is 24.2 Å². The first-order valence-electron chi connectivity index (χ1n) is 9.59. The lowest BCUT2D eigenvalue weighted by Crippen LogP contribution is -2.29. The number of carbonyl (C=O) groups excluding carboxylic acids is 1. The van der Waals surface area contributed by atoms with Crippen LogP contribution in [-0.2, 0) is 0 Å². The maximum Gasteiger partial charge on any atom is 0.411 e. The number of fused-ring (bicyclic) bond motifs is 1. The molecule has 1 aliphatic heterocycles. The van der Waals surface area contributed by atoms with Gasteiger partial charge in [-0.05, 0) is 36.1 Å². The SMILES string of the molecule is CNC(=O)c1sccc1Nc1nc(Nc2ccc3c(c2)N(C(=O)O)CCCO3)ncc1Cl. The van der Waals surface area contributed by atoms with E-state index < -0.39 is 6.09 Å². The number of hydrogen-bond donors (Lipinski definition) is 4.